The van der Waals surface area contributed by atoms with Crippen LogP contribution in [0.1, 0.15) is 54.5 Å². The minimum Gasteiger partial charge on any atom is -0.448 e. The highest BCUT2D eigenvalue weighted by Crippen LogP contribution is 2.46. The Morgan fingerprint density at radius 2 is 1.56 bits per heavy atom. The molecule has 1 unspecified atom stereocenters. The van der Waals surface area contributed by atoms with Gasteiger partial charge < -0.3 is 14.4 Å². The molecular weight excluding hydrogens is 422 g/mol. The van der Waals surface area contributed by atoms with Gasteiger partial charge in [0.15, 0.2) is 0 Å². The van der Waals surface area contributed by atoms with Crippen molar-refractivity contribution in [3.8, 4) is 11.1 Å². The third-order valence-corrected chi connectivity index (χ3v) is 7.71. The van der Waals surface area contributed by atoms with Crippen molar-refractivity contribution >= 4 is 6.09 Å². The summed E-state index contributed by atoms with van der Waals surface area (Å²) in [6, 6.07) is 25.4. The molecule has 1 aliphatic carbocycles. The zero-order valence-corrected chi connectivity index (χ0v) is 19.9. The molecule has 2 aliphatic heterocycles. The quantitative estimate of drug-likeness (QED) is 0.464. The molecule has 0 radical (unpaired) electrons. The minimum absolute atomic E-state index is 0.0198. The zero-order valence-electron chi connectivity index (χ0n) is 19.9. The Morgan fingerprint density at radius 3 is 2.26 bits per heavy atom. The summed E-state index contributed by atoms with van der Waals surface area (Å²) in [5, 5.41) is 0. The van der Waals surface area contributed by atoms with E-state index in [0.717, 1.165) is 12.8 Å². The Bertz CT molecular complexity index is 1190. The summed E-state index contributed by atoms with van der Waals surface area (Å²) in [6.45, 7) is 6.17. The standard InChI is InChI=1S/C30H31NO3/c1-30(2)17-27(28-21-10-4-3-9-20(21)15-16-33-28)31(19-30)29(32)34-18-26-24-13-7-5-11-22(24)23-12-6-8-14-25(23)26/h3-14,26-28H,15-19H2,1-2H3/t27?,28-/m1/s1. The molecule has 3 aromatic carbocycles. The van der Waals surface area contributed by atoms with Gasteiger partial charge in [0, 0.05) is 12.5 Å². The van der Waals surface area contributed by atoms with Gasteiger partial charge in [-0.1, -0.05) is 86.6 Å². The average Bonchev–Trinajstić information content (AvgIpc) is 3.36. The Kier molecular flexibility index (Phi) is 5.22. The summed E-state index contributed by atoms with van der Waals surface area (Å²) in [7, 11) is 0. The third-order valence-electron chi connectivity index (χ3n) is 7.71. The van der Waals surface area contributed by atoms with Gasteiger partial charge in [-0.2, -0.15) is 0 Å². The van der Waals surface area contributed by atoms with Crippen molar-refractivity contribution in [2.45, 2.75) is 44.8 Å². The minimum atomic E-state index is -0.232. The molecule has 34 heavy (non-hydrogen) atoms. The molecule has 6 rings (SSSR count). The molecular formula is C30H31NO3. The van der Waals surface area contributed by atoms with Gasteiger partial charge in [-0.05, 0) is 51.6 Å². The van der Waals surface area contributed by atoms with E-state index in [1.54, 1.807) is 0 Å². The monoisotopic (exact) mass is 453 g/mol. The maximum atomic E-state index is 13.5. The number of amides is 1. The topological polar surface area (TPSA) is 38.8 Å². The summed E-state index contributed by atoms with van der Waals surface area (Å²) in [5.41, 5.74) is 7.52. The van der Waals surface area contributed by atoms with Crippen molar-refractivity contribution in [3.05, 3.63) is 95.1 Å². The van der Waals surface area contributed by atoms with E-state index < -0.39 is 0 Å². The van der Waals surface area contributed by atoms with E-state index in [2.05, 4.69) is 86.6 Å². The smallest absolute Gasteiger partial charge is 0.410 e. The fourth-order valence-electron chi connectivity index (χ4n) is 6.21. The van der Waals surface area contributed by atoms with Crippen molar-refractivity contribution in [3.63, 3.8) is 0 Å². The highest BCUT2D eigenvalue weighted by molar-refractivity contribution is 5.79. The maximum absolute atomic E-state index is 13.5. The summed E-state index contributed by atoms with van der Waals surface area (Å²) in [6.07, 6.45) is 1.49. The zero-order chi connectivity index (χ0) is 23.3. The summed E-state index contributed by atoms with van der Waals surface area (Å²) < 4.78 is 12.3. The molecule has 3 aromatic rings. The predicted molar refractivity (Wildman–Crippen MR) is 133 cm³/mol. The number of carbonyl (C=O) groups excluding carboxylic acids is 1. The first-order valence-corrected chi connectivity index (χ1v) is 12.3. The first-order valence-electron chi connectivity index (χ1n) is 12.3. The van der Waals surface area contributed by atoms with Crippen molar-refractivity contribution in [2.75, 3.05) is 19.8 Å². The van der Waals surface area contributed by atoms with Gasteiger partial charge in [0.1, 0.15) is 12.7 Å². The highest BCUT2D eigenvalue weighted by Gasteiger charge is 2.46. The Labute approximate surface area is 201 Å². The van der Waals surface area contributed by atoms with Gasteiger partial charge in [0.2, 0.25) is 0 Å². The maximum Gasteiger partial charge on any atom is 0.410 e. The predicted octanol–water partition coefficient (Wildman–Crippen LogP) is 6.35. The van der Waals surface area contributed by atoms with E-state index in [9.17, 15) is 4.79 Å². The van der Waals surface area contributed by atoms with Crippen molar-refractivity contribution in [1.82, 2.24) is 4.90 Å². The van der Waals surface area contributed by atoms with Gasteiger partial charge in [-0.3, -0.25) is 0 Å². The lowest BCUT2D eigenvalue weighted by atomic mass is 9.86. The fraction of sp³-hybridized carbons (Fsp3) is 0.367. The lowest BCUT2D eigenvalue weighted by Gasteiger charge is -2.35. The molecule has 0 N–H and O–H groups in total. The van der Waals surface area contributed by atoms with Gasteiger partial charge in [0.25, 0.3) is 0 Å². The first-order chi connectivity index (χ1) is 16.5. The number of fused-ring (bicyclic) bond motifs is 4. The molecule has 0 aromatic heterocycles. The number of benzene rings is 3. The SMILES string of the molecule is CC1(C)CC([C@@H]2OCCc3ccccc32)N(C(=O)OCC2c3ccccc3-c3ccccc32)C1. The lowest BCUT2D eigenvalue weighted by molar-refractivity contribution is -0.0128. The normalized spacial score (nSPS) is 22.7. The van der Waals surface area contributed by atoms with E-state index in [-0.39, 0.29) is 29.6 Å². The van der Waals surface area contributed by atoms with Gasteiger partial charge in [0.05, 0.1) is 12.6 Å². The van der Waals surface area contributed by atoms with Crippen LogP contribution in [0.5, 0.6) is 0 Å². The second kappa shape index (κ2) is 8.28. The van der Waals surface area contributed by atoms with E-state index in [1.807, 2.05) is 4.90 Å². The number of hydrogen-bond donors (Lipinski definition) is 0. The summed E-state index contributed by atoms with van der Waals surface area (Å²) >= 11 is 0. The van der Waals surface area contributed by atoms with Crippen molar-refractivity contribution < 1.29 is 14.3 Å². The number of carbonyl (C=O) groups is 1. The van der Waals surface area contributed by atoms with Crippen LogP contribution in [-0.4, -0.2) is 36.8 Å². The highest BCUT2D eigenvalue weighted by atomic mass is 16.6. The van der Waals surface area contributed by atoms with Crippen LogP contribution in [-0.2, 0) is 15.9 Å². The second-order valence-corrected chi connectivity index (χ2v) is 10.6. The lowest BCUT2D eigenvalue weighted by Crippen LogP contribution is -2.42. The molecule has 2 atom stereocenters. The second-order valence-electron chi connectivity index (χ2n) is 10.6. The van der Waals surface area contributed by atoms with E-state index >= 15 is 0 Å². The molecule has 0 spiro atoms. The molecule has 1 amide bonds. The molecule has 1 saturated heterocycles. The summed E-state index contributed by atoms with van der Waals surface area (Å²) in [5.74, 6) is 0.0667. The summed E-state index contributed by atoms with van der Waals surface area (Å²) in [4.78, 5) is 15.5. The number of nitrogens with zero attached hydrogens (tertiary/aromatic N) is 1. The van der Waals surface area contributed by atoms with E-state index in [1.165, 1.54) is 33.4 Å². The van der Waals surface area contributed by atoms with Crippen LogP contribution in [0.3, 0.4) is 0 Å². The average molecular weight is 454 g/mol. The molecule has 0 bridgehead atoms. The van der Waals surface area contributed by atoms with Crippen LogP contribution >= 0.6 is 0 Å². The van der Waals surface area contributed by atoms with Crippen LogP contribution in [0.4, 0.5) is 4.79 Å². The van der Waals surface area contributed by atoms with Gasteiger partial charge in [-0.15, -0.1) is 0 Å². The van der Waals surface area contributed by atoms with Gasteiger partial charge in [-0.25, -0.2) is 4.79 Å². The Balaban J connectivity index is 1.24. The molecule has 174 valence electrons. The largest absolute Gasteiger partial charge is 0.448 e. The third kappa shape index (κ3) is 3.61. The van der Waals surface area contributed by atoms with Gasteiger partial charge >= 0.3 is 6.09 Å². The Morgan fingerprint density at radius 1 is 0.941 bits per heavy atom. The van der Waals surface area contributed by atoms with Crippen LogP contribution in [0.15, 0.2) is 72.8 Å². The van der Waals surface area contributed by atoms with Crippen molar-refractivity contribution in [2.24, 2.45) is 5.41 Å². The van der Waals surface area contributed by atoms with E-state index in [0.29, 0.717) is 19.8 Å². The van der Waals surface area contributed by atoms with Crippen LogP contribution in [0.25, 0.3) is 11.1 Å². The molecule has 2 heterocycles. The first kappa shape index (κ1) is 21.4. The molecule has 4 heteroatoms. The van der Waals surface area contributed by atoms with Crippen LogP contribution < -0.4 is 0 Å². The van der Waals surface area contributed by atoms with Crippen LogP contribution in [0.2, 0.25) is 0 Å². The number of hydrogen-bond acceptors (Lipinski definition) is 3. The van der Waals surface area contributed by atoms with Crippen LogP contribution in [0, 0.1) is 5.41 Å². The Hall–Kier alpha value is -3.11. The molecule has 1 fully saturated rings. The molecule has 3 aliphatic rings. The fourth-order valence-corrected chi connectivity index (χ4v) is 6.21. The number of rotatable bonds is 3. The molecule has 0 saturated carbocycles. The molecule has 4 nitrogen and oxygen atoms in total. The van der Waals surface area contributed by atoms with E-state index in [4.69, 9.17) is 9.47 Å². The number of ether oxygens (including phenoxy) is 2. The van der Waals surface area contributed by atoms with Crippen molar-refractivity contribution in [1.29, 1.82) is 0 Å². The number of likely N-dealkylation sites (tertiary alicyclic amines) is 1.